The predicted molar refractivity (Wildman–Crippen MR) is 67.1 cm³/mol. The van der Waals surface area contributed by atoms with Crippen molar-refractivity contribution in [2.45, 2.75) is 26.3 Å². The number of fused-ring (bicyclic) bond motifs is 1. The summed E-state index contributed by atoms with van der Waals surface area (Å²) in [5.74, 6) is 1.54. The summed E-state index contributed by atoms with van der Waals surface area (Å²) in [6.07, 6.45) is 0.981. The average molecular weight is 234 g/mol. The Morgan fingerprint density at radius 2 is 2.18 bits per heavy atom. The highest BCUT2D eigenvalue weighted by Crippen LogP contribution is 2.19. The molecule has 0 aromatic carbocycles. The topological polar surface area (TPSA) is 62.8 Å². The molecule has 5 heteroatoms. The average Bonchev–Trinajstić information content (AvgIpc) is 2.74. The second-order valence-electron chi connectivity index (χ2n) is 3.83. The summed E-state index contributed by atoms with van der Waals surface area (Å²) < 4.78 is 5.36. The molecular formula is C12H18N4O. The van der Waals surface area contributed by atoms with E-state index in [-0.39, 0.29) is 6.04 Å². The Labute approximate surface area is 101 Å². The fourth-order valence-corrected chi connectivity index (χ4v) is 1.82. The quantitative estimate of drug-likeness (QED) is 0.831. The van der Waals surface area contributed by atoms with E-state index in [4.69, 9.17) is 4.74 Å². The summed E-state index contributed by atoms with van der Waals surface area (Å²) >= 11 is 0. The molecule has 2 aromatic heterocycles. The van der Waals surface area contributed by atoms with Crippen LogP contribution in [0.1, 0.15) is 32.1 Å². The highest BCUT2D eigenvalue weighted by Gasteiger charge is 2.12. The van der Waals surface area contributed by atoms with Crippen LogP contribution in [0.5, 0.6) is 5.88 Å². The third-order valence-corrected chi connectivity index (χ3v) is 2.72. The molecule has 0 fully saturated rings. The van der Waals surface area contributed by atoms with Crippen molar-refractivity contribution in [1.29, 1.82) is 0 Å². The van der Waals surface area contributed by atoms with E-state index < -0.39 is 0 Å². The molecule has 0 radical (unpaired) electrons. The molecule has 0 saturated carbocycles. The van der Waals surface area contributed by atoms with Crippen LogP contribution in [0.15, 0.2) is 12.1 Å². The minimum absolute atomic E-state index is 0.236. The monoisotopic (exact) mass is 234 g/mol. The summed E-state index contributed by atoms with van der Waals surface area (Å²) in [5.41, 5.74) is 1.65. The van der Waals surface area contributed by atoms with Crippen molar-refractivity contribution in [1.82, 2.24) is 20.3 Å². The molecule has 0 aliphatic heterocycles. The number of H-pyrrole nitrogens is 1. The molecule has 92 valence electrons. The number of nitrogens with one attached hydrogen (secondary N) is 2. The van der Waals surface area contributed by atoms with Crippen LogP contribution in [0.4, 0.5) is 0 Å². The lowest BCUT2D eigenvalue weighted by Gasteiger charge is -2.09. The van der Waals surface area contributed by atoms with E-state index >= 15 is 0 Å². The first-order valence-electron chi connectivity index (χ1n) is 5.95. The molecule has 2 aromatic rings. The number of hydrogen-bond acceptors (Lipinski definition) is 4. The first-order valence-corrected chi connectivity index (χ1v) is 5.95. The maximum Gasteiger partial charge on any atom is 0.215 e. The first-order chi connectivity index (χ1) is 8.28. The first kappa shape index (κ1) is 11.9. The van der Waals surface area contributed by atoms with E-state index in [0.29, 0.717) is 18.1 Å². The van der Waals surface area contributed by atoms with E-state index in [9.17, 15) is 0 Å². The lowest BCUT2D eigenvalue weighted by atomic mass is 10.2. The van der Waals surface area contributed by atoms with Crippen LogP contribution in [-0.4, -0.2) is 28.6 Å². The number of aromatic amines is 1. The smallest absolute Gasteiger partial charge is 0.215 e. The van der Waals surface area contributed by atoms with Crippen molar-refractivity contribution < 1.29 is 4.74 Å². The normalized spacial score (nSPS) is 12.9. The van der Waals surface area contributed by atoms with Gasteiger partial charge in [0.05, 0.1) is 18.2 Å². The van der Waals surface area contributed by atoms with Gasteiger partial charge < -0.3 is 15.0 Å². The third kappa shape index (κ3) is 2.39. The minimum atomic E-state index is 0.236. The fraction of sp³-hybridized carbons (Fsp3) is 0.500. The van der Waals surface area contributed by atoms with E-state index in [1.54, 1.807) is 0 Å². The van der Waals surface area contributed by atoms with Crippen LogP contribution < -0.4 is 10.1 Å². The van der Waals surface area contributed by atoms with Gasteiger partial charge in [-0.3, -0.25) is 0 Å². The Morgan fingerprint density at radius 3 is 2.82 bits per heavy atom. The summed E-state index contributed by atoms with van der Waals surface area (Å²) in [5, 5.41) is 3.22. The molecule has 0 aliphatic carbocycles. The molecule has 0 bridgehead atoms. The number of aromatic nitrogens is 3. The Morgan fingerprint density at radius 1 is 1.35 bits per heavy atom. The van der Waals surface area contributed by atoms with Crippen LogP contribution in [0, 0.1) is 0 Å². The van der Waals surface area contributed by atoms with Gasteiger partial charge >= 0.3 is 0 Å². The van der Waals surface area contributed by atoms with E-state index in [2.05, 4.69) is 27.2 Å². The lowest BCUT2D eigenvalue weighted by molar-refractivity contribution is 0.328. The van der Waals surface area contributed by atoms with E-state index in [1.807, 2.05) is 26.1 Å². The Kier molecular flexibility index (Phi) is 3.58. The van der Waals surface area contributed by atoms with Crippen LogP contribution in [0.2, 0.25) is 0 Å². The number of nitrogens with zero attached hydrogens (tertiary/aromatic N) is 2. The van der Waals surface area contributed by atoms with Gasteiger partial charge in [-0.25, -0.2) is 4.98 Å². The third-order valence-electron chi connectivity index (χ3n) is 2.72. The molecule has 0 spiro atoms. The molecule has 2 N–H and O–H groups in total. The van der Waals surface area contributed by atoms with Gasteiger partial charge in [0.1, 0.15) is 5.82 Å². The SMILES string of the molecule is CCOc1ccc2[nH]c(C(CC)NC)nc2n1. The number of ether oxygens (including phenoxy) is 1. The van der Waals surface area contributed by atoms with Gasteiger partial charge in [0, 0.05) is 6.07 Å². The van der Waals surface area contributed by atoms with Crippen molar-refractivity contribution in [3.05, 3.63) is 18.0 Å². The fourth-order valence-electron chi connectivity index (χ4n) is 1.82. The van der Waals surface area contributed by atoms with E-state index in [0.717, 1.165) is 17.8 Å². The van der Waals surface area contributed by atoms with Crippen molar-refractivity contribution in [2.75, 3.05) is 13.7 Å². The standard InChI is InChI=1S/C12H18N4O/c1-4-8(13-3)11-14-9-6-7-10(17-5-2)15-12(9)16-11/h6-8,13H,4-5H2,1-3H3,(H,14,15,16). The van der Waals surface area contributed by atoms with E-state index in [1.165, 1.54) is 0 Å². The zero-order chi connectivity index (χ0) is 12.3. The minimum Gasteiger partial charge on any atom is -0.478 e. The number of imidazole rings is 1. The van der Waals surface area contributed by atoms with Crippen molar-refractivity contribution in [3.8, 4) is 5.88 Å². The molecule has 2 rings (SSSR count). The Bertz CT molecular complexity index is 490. The van der Waals surface area contributed by atoms with Gasteiger partial charge in [-0.15, -0.1) is 0 Å². The zero-order valence-electron chi connectivity index (χ0n) is 10.4. The van der Waals surface area contributed by atoms with Gasteiger partial charge in [0.2, 0.25) is 5.88 Å². The van der Waals surface area contributed by atoms with Gasteiger partial charge in [-0.2, -0.15) is 4.98 Å². The lowest BCUT2D eigenvalue weighted by Crippen LogP contribution is -2.16. The summed E-state index contributed by atoms with van der Waals surface area (Å²) in [7, 11) is 1.93. The maximum atomic E-state index is 5.36. The molecule has 5 nitrogen and oxygen atoms in total. The number of pyridine rings is 1. The maximum absolute atomic E-state index is 5.36. The zero-order valence-corrected chi connectivity index (χ0v) is 10.4. The molecular weight excluding hydrogens is 216 g/mol. The molecule has 17 heavy (non-hydrogen) atoms. The van der Waals surface area contributed by atoms with Gasteiger partial charge in [0.25, 0.3) is 0 Å². The summed E-state index contributed by atoms with van der Waals surface area (Å²) in [4.78, 5) is 12.1. The van der Waals surface area contributed by atoms with Gasteiger partial charge in [-0.05, 0) is 26.5 Å². The summed E-state index contributed by atoms with van der Waals surface area (Å²) in [6.45, 7) is 4.67. The van der Waals surface area contributed by atoms with Crippen molar-refractivity contribution >= 4 is 11.2 Å². The number of hydrogen-bond donors (Lipinski definition) is 2. The highest BCUT2D eigenvalue weighted by molar-refractivity contribution is 5.71. The summed E-state index contributed by atoms with van der Waals surface area (Å²) in [6, 6.07) is 4.04. The second-order valence-corrected chi connectivity index (χ2v) is 3.83. The Balaban J connectivity index is 2.36. The second kappa shape index (κ2) is 5.14. The number of rotatable bonds is 5. The molecule has 2 heterocycles. The van der Waals surface area contributed by atoms with Crippen LogP contribution in [0.25, 0.3) is 11.2 Å². The van der Waals surface area contributed by atoms with Crippen molar-refractivity contribution in [3.63, 3.8) is 0 Å². The predicted octanol–water partition coefficient (Wildman–Crippen LogP) is 2.03. The molecule has 1 atom stereocenters. The largest absolute Gasteiger partial charge is 0.478 e. The molecule has 1 unspecified atom stereocenters. The van der Waals surface area contributed by atoms with Gasteiger partial charge in [-0.1, -0.05) is 6.92 Å². The van der Waals surface area contributed by atoms with Crippen LogP contribution >= 0.6 is 0 Å². The van der Waals surface area contributed by atoms with Crippen LogP contribution in [0.3, 0.4) is 0 Å². The van der Waals surface area contributed by atoms with Gasteiger partial charge in [0.15, 0.2) is 5.65 Å². The van der Waals surface area contributed by atoms with Crippen LogP contribution in [-0.2, 0) is 0 Å². The molecule has 0 amide bonds. The molecule has 0 saturated heterocycles. The molecule has 0 aliphatic rings. The van der Waals surface area contributed by atoms with Crippen molar-refractivity contribution in [2.24, 2.45) is 0 Å². The highest BCUT2D eigenvalue weighted by atomic mass is 16.5. The Hall–Kier alpha value is -1.62.